The molecule has 1 heterocycles. The van der Waals surface area contributed by atoms with Crippen LogP contribution in [0.15, 0.2) is 34.9 Å². The summed E-state index contributed by atoms with van der Waals surface area (Å²) in [5.41, 5.74) is 0.983. The van der Waals surface area contributed by atoms with Crippen molar-refractivity contribution in [3.63, 3.8) is 0 Å². The van der Waals surface area contributed by atoms with Crippen LogP contribution in [0.25, 0.3) is 0 Å². The van der Waals surface area contributed by atoms with Crippen LogP contribution in [0.3, 0.4) is 0 Å². The lowest BCUT2D eigenvalue weighted by atomic mass is 10.2. The van der Waals surface area contributed by atoms with E-state index in [1.54, 1.807) is 6.92 Å². The number of hydrogen-bond donors (Lipinski definition) is 1. The van der Waals surface area contributed by atoms with Crippen LogP contribution < -0.4 is 5.32 Å². The monoisotopic (exact) mass is 340 g/mol. The molecule has 0 aliphatic heterocycles. The lowest BCUT2D eigenvalue weighted by molar-refractivity contribution is -0.115. The number of carbonyl (C=O) groups excluding carboxylic acids is 1. The van der Waals surface area contributed by atoms with E-state index in [-0.39, 0.29) is 5.88 Å². The van der Waals surface area contributed by atoms with Gasteiger partial charge in [-0.15, -0.1) is 0 Å². The van der Waals surface area contributed by atoms with E-state index < -0.39 is 32.1 Å². The van der Waals surface area contributed by atoms with Gasteiger partial charge in [-0.1, -0.05) is 17.3 Å². The van der Waals surface area contributed by atoms with E-state index in [0.29, 0.717) is 11.3 Å². The van der Waals surface area contributed by atoms with Crippen molar-refractivity contribution in [3.8, 4) is 0 Å². The zero-order valence-corrected chi connectivity index (χ0v) is 13.7. The smallest absolute Gasteiger partial charge is 0.244 e. The predicted molar refractivity (Wildman–Crippen MR) is 83.1 cm³/mol. The Morgan fingerprint density at radius 1 is 1.26 bits per heavy atom. The molecule has 0 bridgehead atoms. The molecule has 0 aliphatic carbocycles. The number of aryl methyl sites for hydroxylation is 1. The molecule has 1 aromatic carbocycles. The Kier molecular flexibility index (Phi) is 4.84. The van der Waals surface area contributed by atoms with Gasteiger partial charge in [0.05, 0.1) is 10.9 Å². The van der Waals surface area contributed by atoms with Crippen molar-refractivity contribution >= 4 is 21.6 Å². The van der Waals surface area contributed by atoms with Gasteiger partial charge in [-0.25, -0.2) is 12.8 Å². The minimum atomic E-state index is -3.81. The number of nitrogens with one attached hydrogen (secondary N) is 1. The zero-order chi connectivity index (χ0) is 17.2. The molecule has 1 amide bonds. The Morgan fingerprint density at radius 3 is 2.39 bits per heavy atom. The number of anilines is 1. The molecule has 0 unspecified atom stereocenters. The third-order valence-electron chi connectivity index (χ3n) is 3.57. The molecule has 0 saturated heterocycles. The standard InChI is InChI=1S/C15H17FN2O4S/c1-9-8-14(22-18-9)17-15(19)11(3)23(20,21)10(2)12-4-6-13(16)7-5-12/h4-8,10-11H,1-3H3,(H,17,19)/t10-,11-/m1/s1. The average Bonchev–Trinajstić information content (AvgIpc) is 2.91. The number of halogens is 1. The maximum Gasteiger partial charge on any atom is 0.244 e. The Balaban J connectivity index is 2.16. The van der Waals surface area contributed by atoms with Gasteiger partial charge in [0.25, 0.3) is 0 Å². The Bertz CT molecular complexity index is 799. The number of rotatable bonds is 5. The molecule has 124 valence electrons. The number of hydrogen-bond acceptors (Lipinski definition) is 5. The number of amides is 1. The highest BCUT2D eigenvalue weighted by Gasteiger charge is 2.34. The second kappa shape index (κ2) is 6.49. The van der Waals surface area contributed by atoms with Crippen molar-refractivity contribution in [1.82, 2.24) is 5.16 Å². The van der Waals surface area contributed by atoms with Crippen LogP contribution in [0.2, 0.25) is 0 Å². The van der Waals surface area contributed by atoms with Gasteiger partial charge < -0.3 is 4.52 Å². The van der Waals surface area contributed by atoms with E-state index in [1.165, 1.54) is 44.2 Å². The normalized spacial score (nSPS) is 14.3. The second-order valence-electron chi connectivity index (χ2n) is 5.25. The largest absolute Gasteiger partial charge is 0.338 e. The van der Waals surface area contributed by atoms with Gasteiger partial charge in [0.1, 0.15) is 11.1 Å². The van der Waals surface area contributed by atoms with Crippen LogP contribution in [0.1, 0.15) is 30.4 Å². The summed E-state index contributed by atoms with van der Waals surface area (Å²) in [6.07, 6.45) is 0. The van der Waals surface area contributed by atoms with Gasteiger partial charge in [0, 0.05) is 6.07 Å². The molecule has 0 saturated carbocycles. The van der Waals surface area contributed by atoms with Crippen molar-refractivity contribution in [2.75, 3.05) is 5.32 Å². The summed E-state index contributed by atoms with van der Waals surface area (Å²) in [6, 6.07) is 6.64. The third kappa shape index (κ3) is 3.76. The quantitative estimate of drug-likeness (QED) is 0.904. The molecule has 0 fully saturated rings. The van der Waals surface area contributed by atoms with Crippen LogP contribution >= 0.6 is 0 Å². The van der Waals surface area contributed by atoms with Crippen molar-refractivity contribution in [2.45, 2.75) is 31.3 Å². The highest BCUT2D eigenvalue weighted by Crippen LogP contribution is 2.26. The molecule has 0 radical (unpaired) electrons. The molecule has 2 rings (SSSR count). The molecular weight excluding hydrogens is 323 g/mol. The minimum Gasteiger partial charge on any atom is -0.338 e. The highest BCUT2D eigenvalue weighted by atomic mass is 32.2. The lowest BCUT2D eigenvalue weighted by Crippen LogP contribution is -2.34. The van der Waals surface area contributed by atoms with Crippen molar-refractivity contribution in [3.05, 3.63) is 47.4 Å². The summed E-state index contributed by atoms with van der Waals surface area (Å²) in [5, 5.41) is 3.74. The predicted octanol–water partition coefficient (Wildman–Crippen LogP) is 2.63. The molecule has 2 atom stereocenters. The first-order valence-corrected chi connectivity index (χ1v) is 8.55. The zero-order valence-electron chi connectivity index (χ0n) is 12.9. The van der Waals surface area contributed by atoms with Crippen LogP contribution in [-0.2, 0) is 14.6 Å². The van der Waals surface area contributed by atoms with Crippen LogP contribution in [0.5, 0.6) is 0 Å². The van der Waals surface area contributed by atoms with E-state index in [0.717, 1.165) is 0 Å². The average molecular weight is 340 g/mol. The van der Waals surface area contributed by atoms with E-state index in [4.69, 9.17) is 4.52 Å². The van der Waals surface area contributed by atoms with E-state index in [1.807, 2.05) is 0 Å². The summed E-state index contributed by atoms with van der Waals surface area (Å²) in [6.45, 7) is 4.44. The molecule has 2 aromatic rings. The van der Waals surface area contributed by atoms with Gasteiger partial charge in [-0.05, 0) is 38.5 Å². The fourth-order valence-electron chi connectivity index (χ4n) is 2.02. The van der Waals surface area contributed by atoms with Gasteiger partial charge in [0.15, 0.2) is 9.84 Å². The maximum absolute atomic E-state index is 12.9. The first-order chi connectivity index (χ1) is 10.7. The summed E-state index contributed by atoms with van der Waals surface area (Å²) in [7, 11) is -3.81. The fourth-order valence-corrected chi connectivity index (χ4v) is 3.53. The lowest BCUT2D eigenvalue weighted by Gasteiger charge is -2.18. The first kappa shape index (κ1) is 17.1. The van der Waals surface area contributed by atoms with Crippen LogP contribution in [-0.4, -0.2) is 24.7 Å². The summed E-state index contributed by atoms with van der Waals surface area (Å²) >= 11 is 0. The molecular formula is C15H17FN2O4S. The molecule has 6 nitrogen and oxygen atoms in total. The van der Waals surface area contributed by atoms with Crippen molar-refractivity contribution < 1.29 is 22.1 Å². The van der Waals surface area contributed by atoms with E-state index in [2.05, 4.69) is 10.5 Å². The Labute approximate surface area is 133 Å². The topological polar surface area (TPSA) is 89.3 Å². The fraction of sp³-hybridized carbons (Fsp3) is 0.333. The van der Waals surface area contributed by atoms with E-state index >= 15 is 0 Å². The van der Waals surface area contributed by atoms with Crippen LogP contribution in [0.4, 0.5) is 10.3 Å². The number of sulfone groups is 1. The Morgan fingerprint density at radius 2 is 1.87 bits per heavy atom. The van der Waals surface area contributed by atoms with Crippen LogP contribution in [0, 0.1) is 12.7 Å². The molecule has 8 heteroatoms. The summed E-state index contributed by atoms with van der Waals surface area (Å²) < 4.78 is 42.9. The molecule has 0 aliphatic rings. The second-order valence-corrected chi connectivity index (χ2v) is 7.84. The van der Waals surface area contributed by atoms with Gasteiger partial charge >= 0.3 is 0 Å². The number of carbonyl (C=O) groups is 1. The Hall–Kier alpha value is -2.22. The molecule has 1 N–H and O–H groups in total. The SMILES string of the molecule is Cc1cc(NC(=O)[C@@H](C)S(=O)(=O)[C@H](C)c2ccc(F)cc2)on1. The summed E-state index contributed by atoms with van der Waals surface area (Å²) in [4.78, 5) is 12.1. The minimum absolute atomic E-state index is 0.0870. The summed E-state index contributed by atoms with van der Waals surface area (Å²) in [5.74, 6) is -1.08. The first-order valence-electron chi connectivity index (χ1n) is 6.94. The number of benzene rings is 1. The number of aromatic nitrogens is 1. The highest BCUT2D eigenvalue weighted by molar-refractivity contribution is 7.93. The van der Waals surface area contributed by atoms with Crippen molar-refractivity contribution in [2.24, 2.45) is 0 Å². The van der Waals surface area contributed by atoms with Crippen molar-refractivity contribution in [1.29, 1.82) is 0 Å². The molecule has 0 spiro atoms. The molecule has 1 aromatic heterocycles. The maximum atomic E-state index is 12.9. The third-order valence-corrected chi connectivity index (χ3v) is 6.03. The molecule has 23 heavy (non-hydrogen) atoms. The van der Waals surface area contributed by atoms with Gasteiger partial charge in [-0.3, -0.25) is 10.1 Å². The van der Waals surface area contributed by atoms with Gasteiger partial charge in [-0.2, -0.15) is 0 Å². The van der Waals surface area contributed by atoms with E-state index in [9.17, 15) is 17.6 Å². The van der Waals surface area contributed by atoms with Gasteiger partial charge in [0.2, 0.25) is 11.8 Å². The number of nitrogens with zero attached hydrogens (tertiary/aromatic N) is 1.